The average Bonchev–Trinajstić information content (AvgIpc) is 3.45. The lowest BCUT2D eigenvalue weighted by atomic mass is 10.0. The first-order valence-electron chi connectivity index (χ1n) is 33.0. The van der Waals surface area contributed by atoms with Crippen molar-refractivity contribution in [2.24, 2.45) is 0 Å². The van der Waals surface area contributed by atoms with Gasteiger partial charge in [-0.15, -0.1) is 0 Å². The average molecular weight is 1100 g/mol. The fourth-order valence-electron chi connectivity index (χ4n) is 9.04. The molecule has 0 aliphatic heterocycles. The van der Waals surface area contributed by atoms with Crippen LogP contribution >= 0.6 is 0 Å². The lowest BCUT2D eigenvalue weighted by molar-refractivity contribution is -0.167. The van der Waals surface area contributed by atoms with Crippen LogP contribution < -0.4 is 0 Å². The van der Waals surface area contributed by atoms with Gasteiger partial charge >= 0.3 is 17.9 Å². The van der Waals surface area contributed by atoms with Gasteiger partial charge in [0.15, 0.2) is 6.10 Å². The third-order valence-electron chi connectivity index (χ3n) is 13.9. The van der Waals surface area contributed by atoms with Crippen LogP contribution in [0.3, 0.4) is 0 Å². The molecule has 6 heteroatoms. The second-order valence-electron chi connectivity index (χ2n) is 21.6. The fourth-order valence-corrected chi connectivity index (χ4v) is 9.04. The van der Waals surface area contributed by atoms with Crippen molar-refractivity contribution in [2.45, 2.75) is 309 Å². The van der Waals surface area contributed by atoms with Gasteiger partial charge in [0.25, 0.3) is 0 Å². The maximum Gasteiger partial charge on any atom is 0.306 e. The van der Waals surface area contributed by atoms with E-state index in [1.54, 1.807) is 0 Å². The molecule has 0 aromatic rings. The first kappa shape index (κ1) is 74.8. The Labute approximate surface area is 488 Å². The Kier molecular flexibility index (Phi) is 62.8. The zero-order chi connectivity index (χ0) is 57.1. The molecule has 0 saturated heterocycles. The van der Waals surface area contributed by atoms with Crippen LogP contribution in [0.4, 0.5) is 0 Å². The maximum absolute atomic E-state index is 12.9. The summed E-state index contributed by atoms with van der Waals surface area (Å²) in [5.41, 5.74) is 0. The van der Waals surface area contributed by atoms with Crippen LogP contribution in [0.25, 0.3) is 0 Å². The lowest BCUT2D eigenvalue weighted by Crippen LogP contribution is -2.30. The Balaban J connectivity index is 4.44. The smallest absolute Gasteiger partial charge is 0.306 e. The number of hydrogen-bond donors (Lipinski definition) is 0. The highest BCUT2D eigenvalue weighted by atomic mass is 16.6. The zero-order valence-electron chi connectivity index (χ0n) is 51.6. The van der Waals surface area contributed by atoms with E-state index in [4.69, 9.17) is 14.2 Å². The molecule has 0 aromatic heterocycles. The van der Waals surface area contributed by atoms with Crippen LogP contribution in [0.1, 0.15) is 303 Å². The van der Waals surface area contributed by atoms with Crippen molar-refractivity contribution in [3.05, 3.63) is 122 Å². The molecule has 0 bridgehead atoms. The van der Waals surface area contributed by atoms with Gasteiger partial charge in [-0.05, 0) is 128 Å². The van der Waals surface area contributed by atoms with E-state index in [0.29, 0.717) is 19.3 Å². The summed E-state index contributed by atoms with van der Waals surface area (Å²) in [5, 5.41) is 0. The van der Waals surface area contributed by atoms with E-state index in [0.717, 1.165) is 148 Å². The summed E-state index contributed by atoms with van der Waals surface area (Å²) < 4.78 is 16.9. The van der Waals surface area contributed by atoms with Crippen molar-refractivity contribution in [3.8, 4) is 0 Å². The molecule has 0 amide bonds. The zero-order valence-corrected chi connectivity index (χ0v) is 51.6. The number of carbonyl (C=O) groups is 3. The molecule has 0 fully saturated rings. The molecule has 0 spiro atoms. The largest absolute Gasteiger partial charge is 0.462 e. The maximum atomic E-state index is 12.9. The van der Waals surface area contributed by atoms with E-state index in [1.807, 2.05) is 0 Å². The number of unbranched alkanes of at least 4 members (excludes halogenated alkanes) is 28. The van der Waals surface area contributed by atoms with E-state index in [9.17, 15) is 14.4 Å². The van der Waals surface area contributed by atoms with Gasteiger partial charge in [-0.2, -0.15) is 0 Å². The molecule has 0 heterocycles. The van der Waals surface area contributed by atoms with Crippen LogP contribution in [0.2, 0.25) is 0 Å². The second-order valence-corrected chi connectivity index (χ2v) is 21.6. The highest BCUT2D eigenvalue weighted by molar-refractivity contribution is 5.71. The van der Waals surface area contributed by atoms with E-state index in [1.165, 1.54) is 116 Å². The molecule has 0 aliphatic carbocycles. The second kappa shape index (κ2) is 66.3. The highest BCUT2D eigenvalue weighted by Crippen LogP contribution is 2.16. The van der Waals surface area contributed by atoms with Crippen molar-refractivity contribution in [1.82, 2.24) is 0 Å². The van der Waals surface area contributed by atoms with Crippen LogP contribution in [0, 0.1) is 0 Å². The molecule has 450 valence electrons. The summed E-state index contributed by atoms with van der Waals surface area (Å²) in [4.78, 5) is 38.4. The number of rotatable bonds is 59. The monoisotopic (exact) mass is 1090 g/mol. The Morgan fingerprint density at radius 2 is 0.494 bits per heavy atom. The highest BCUT2D eigenvalue weighted by Gasteiger charge is 2.19. The molecule has 0 N–H and O–H groups in total. The van der Waals surface area contributed by atoms with Gasteiger partial charge < -0.3 is 14.2 Å². The Morgan fingerprint density at radius 1 is 0.266 bits per heavy atom. The third-order valence-corrected chi connectivity index (χ3v) is 13.9. The van der Waals surface area contributed by atoms with E-state index < -0.39 is 6.10 Å². The van der Waals surface area contributed by atoms with Crippen molar-refractivity contribution < 1.29 is 28.6 Å². The minimum atomic E-state index is -0.804. The van der Waals surface area contributed by atoms with Crippen LogP contribution in [-0.2, 0) is 28.6 Å². The van der Waals surface area contributed by atoms with Gasteiger partial charge in [0.1, 0.15) is 13.2 Å². The molecular formula is C73H122O6. The molecule has 6 nitrogen and oxygen atoms in total. The SMILES string of the molecule is CC/C=C\C/C=C\C/C=C\C/C=C\C/C=C\CCCCCCCC(=O)OC(COC(=O)CCCCCC/C=C\C/C=C\C/C=C\C/C=C\CC)COC(=O)CCCCCCCCCCCCC/C=C\CCCCCCCCCC. The van der Waals surface area contributed by atoms with Crippen molar-refractivity contribution in [2.75, 3.05) is 13.2 Å². The van der Waals surface area contributed by atoms with E-state index >= 15 is 0 Å². The summed E-state index contributed by atoms with van der Waals surface area (Å²) >= 11 is 0. The van der Waals surface area contributed by atoms with Crippen molar-refractivity contribution >= 4 is 17.9 Å². The molecule has 79 heavy (non-hydrogen) atoms. The minimum absolute atomic E-state index is 0.0962. The van der Waals surface area contributed by atoms with Crippen LogP contribution in [-0.4, -0.2) is 37.2 Å². The van der Waals surface area contributed by atoms with Gasteiger partial charge in [0, 0.05) is 19.3 Å². The predicted molar refractivity (Wildman–Crippen MR) is 343 cm³/mol. The molecule has 0 aromatic carbocycles. The normalized spacial score (nSPS) is 12.9. The number of hydrogen-bond acceptors (Lipinski definition) is 6. The first-order chi connectivity index (χ1) is 39.0. The third kappa shape index (κ3) is 64.5. The van der Waals surface area contributed by atoms with Gasteiger partial charge in [-0.25, -0.2) is 0 Å². The summed E-state index contributed by atoms with van der Waals surface area (Å²) in [5.74, 6) is -0.934. The summed E-state index contributed by atoms with van der Waals surface area (Å²) in [7, 11) is 0. The Hall–Kier alpha value is -4.19. The van der Waals surface area contributed by atoms with Crippen LogP contribution in [0.5, 0.6) is 0 Å². The first-order valence-corrected chi connectivity index (χ1v) is 33.0. The van der Waals surface area contributed by atoms with E-state index in [2.05, 4.69) is 142 Å². The summed E-state index contributed by atoms with van der Waals surface area (Å²) in [6, 6.07) is 0. The molecule has 1 atom stereocenters. The predicted octanol–water partition coefficient (Wildman–Crippen LogP) is 22.8. The lowest BCUT2D eigenvalue weighted by Gasteiger charge is -2.18. The minimum Gasteiger partial charge on any atom is -0.462 e. The van der Waals surface area contributed by atoms with Crippen molar-refractivity contribution in [3.63, 3.8) is 0 Å². The molecule has 0 aliphatic rings. The van der Waals surface area contributed by atoms with Crippen LogP contribution in [0.15, 0.2) is 122 Å². The fraction of sp³-hybridized carbons (Fsp3) is 0.685. The number of carbonyl (C=O) groups excluding carboxylic acids is 3. The van der Waals surface area contributed by atoms with Gasteiger partial charge in [-0.3, -0.25) is 14.4 Å². The Morgan fingerprint density at radius 3 is 0.785 bits per heavy atom. The summed E-state index contributed by atoms with van der Waals surface area (Å²) in [6.45, 7) is 6.40. The molecule has 0 rings (SSSR count). The molecular weight excluding hydrogens is 973 g/mol. The molecule has 1 unspecified atom stereocenters. The Bertz CT molecular complexity index is 1640. The molecule has 0 saturated carbocycles. The topological polar surface area (TPSA) is 78.9 Å². The number of allylic oxidation sites excluding steroid dienone is 20. The van der Waals surface area contributed by atoms with Gasteiger partial charge in [-0.1, -0.05) is 277 Å². The van der Waals surface area contributed by atoms with Gasteiger partial charge in [0.2, 0.25) is 0 Å². The summed E-state index contributed by atoms with van der Waals surface area (Å²) in [6.07, 6.45) is 92.0. The van der Waals surface area contributed by atoms with Gasteiger partial charge in [0.05, 0.1) is 0 Å². The van der Waals surface area contributed by atoms with E-state index in [-0.39, 0.29) is 31.1 Å². The standard InChI is InChI=1S/C73H122O6/c1-4-7-10-13-16-19-22-25-28-31-33-35-36-38-39-42-45-48-51-54-57-60-63-66-72(75)78-69-70(68-77-71(74)65-62-59-56-53-50-47-44-41-30-27-24-21-18-15-12-9-6-3)79-73(76)67-64-61-58-55-52-49-46-43-40-37-34-32-29-26-23-20-17-14-11-8-5-2/h8-9,11-12,17-18,20-21,26-27,29-31,33-34,37,43-44,46-47,70H,4-7,10,13-16,19,22-25,28,32,35-36,38-42,45,48-69H2,1-3H3/b11-8-,12-9-,20-17-,21-18-,29-26-,30-27-,33-31-,37-34-,46-43-,47-44-. The molecule has 0 radical (unpaired) electrons. The quantitative estimate of drug-likeness (QED) is 0.0261. The van der Waals surface area contributed by atoms with Crippen molar-refractivity contribution in [1.29, 1.82) is 0 Å². The number of esters is 3. The number of ether oxygens (including phenoxy) is 3.